The maximum absolute atomic E-state index is 13.1. The first kappa shape index (κ1) is 72.7. The molecule has 1 rings (SSSR count). The molecule has 450 valence electrons. The Morgan fingerprint density at radius 2 is 0.776 bits per heavy atom. The second-order valence-electron chi connectivity index (χ2n) is 23.6. The van der Waals surface area contributed by atoms with E-state index in [1.54, 1.807) is 0 Å². The maximum Gasteiger partial charge on any atom is 0.220 e. The first-order valence-corrected chi connectivity index (χ1v) is 33.5. The zero-order valence-corrected chi connectivity index (χ0v) is 50.3. The maximum atomic E-state index is 13.1. The number of hydrogen-bond acceptors (Lipinski definition) is 8. The van der Waals surface area contributed by atoms with E-state index < -0.39 is 49.5 Å². The lowest BCUT2D eigenvalue weighted by Gasteiger charge is -2.40. The lowest BCUT2D eigenvalue weighted by molar-refractivity contribution is -0.302. The molecule has 0 saturated carbocycles. The van der Waals surface area contributed by atoms with Gasteiger partial charge >= 0.3 is 0 Å². The smallest absolute Gasteiger partial charge is 0.220 e. The van der Waals surface area contributed by atoms with Crippen molar-refractivity contribution in [1.29, 1.82) is 0 Å². The number of allylic oxidation sites excluding steroid dienone is 4. The quantitative estimate of drug-likeness (QED) is 0.0261. The van der Waals surface area contributed by atoms with Gasteiger partial charge in [-0.2, -0.15) is 0 Å². The number of hydrogen-bond donors (Lipinski definition) is 6. The number of aliphatic hydroxyl groups is 5. The van der Waals surface area contributed by atoms with E-state index in [2.05, 4.69) is 43.5 Å². The SMILES string of the molecule is CCCCCCC/C=C\C/C=C\CCCCCCCCCCCCCCCCCCCC(=O)NC(COC1OC(CO)C(O)C(O)C1O)C(O)CCCCCCCCCCCCCCCCCCCCCCCCCC. The van der Waals surface area contributed by atoms with Crippen molar-refractivity contribution in [3.8, 4) is 0 Å². The first-order chi connectivity index (χ1) is 37.3. The third kappa shape index (κ3) is 45.4. The van der Waals surface area contributed by atoms with Crippen LogP contribution in [0.2, 0.25) is 0 Å². The fraction of sp³-hybridized carbons (Fsp3) is 0.925. The van der Waals surface area contributed by atoms with Gasteiger partial charge < -0.3 is 40.3 Å². The van der Waals surface area contributed by atoms with E-state index >= 15 is 0 Å². The molecule has 7 atom stereocenters. The van der Waals surface area contributed by atoms with Crippen LogP contribution in [-0.2, 0) is 14.3 Å². The predicted octanol–water partition coefficient (Wildman–Crippen LogP) is 17.7. The molecule has 0 aromatic rings. The van der Waals surface area contributed by atoms with E-state index in [4.69, 9.17) is 9.47 Å². The van der Waals surface area contributed by atoms with Crippen molar-refractivity contribution in [3.63, 3.8) is 0 Å². The highest BCUT2D eigenvalue weighted by Crippen LogP contribution is 2.24. The molecule has 6 N–H and O–H groups in total. The number of carbonyl (C=O) groups is 1. The number of nitrogens with one attached hydrogen (secondary N) is 1. The monoisotopic (exact) mass is 1080 g/mol. The Morgan fingerprint density at radius 3 is 1.13 bits per heavy atom. The molecule has 1 heterocycles. The van der Waals surface area contributed by atoms with Crippen molar-refractivity contribution < 1.29 is 39.8 Å². The molecule has 1 aliphatic heterocycles. The van der Waals surface area contributed by atoms with E-state index in [1.807, 2.05) is 0 Å². The Labute approximate surface area is 470 Å². The van der Waals surface area contributed by atoms with Gasteiger partial charge in [-0.3, -0.25) is 4.79 Å². The van der Waals surface area contributed by atoms with Gasteiger partial charge in [-0.1, -0.05) is 314 Å². The van der Waals surface area contributed by atoms with Crippen molar-refractivity contribution >= 4 is 5.91 Å². The van der Waals surface area contributed by atoms with Crippen LogP contribution in [0.4, 0.5) is 0 Å². The summed E-state index contributed by atoms with van der Waals surface area (Å²) in [6, 6.07) is -0.718. The Balaban J connectivity index is 2.12. The van der Waals surface area contributed by atoms with Gasteiger partial charge in [0.25, 0.3) is 0 Å². The molecule has 1 saturated heterocycles. The second-order valence-corrected chi connectivity index (χ2v) is 23.6. The molecule has 9 heteroatoms. The summed E-state index contributed by atoms with van der Waals surface area (Å²) in [6.45, 7) is 3.88. The number of carbonyl (C=O) groups excluding carboxylic acids is 1. The van der Waals surface area contributed by atoms with Gasteiger partial charge in [0.05, 0.1) is 25.4 Å². The minimum absolute atomic E-state index is 0.133. The number of unbranched alkanes of at least 4 members (excludes halogenated alkanes) is 45. The Kier molecular flexibility index (Phi) is 54.4. The van der Waals surface area contributed by atoms with Crippen molar-refractivity contribution in [2.24, 2.45) is 0 Å². The average Bonchev–Trinajstić information content (AvgIpc) is 3.42. The van der Waals surface area contributed by atoms with Crippen LogP contribution < -0.4 is 5.32 Å². The molecule has 1 fully saturated rings. The van der Waals surface area contributed by atoms with Crippen molar-refractivity contribution in [3.05, 3.63) is 24.3 Å². The topological polar surface area (TPSA) is 149 Å². The van der Waals surface area contributed by atoms with Crippen LogP contribution in [0.1, 0.15) is 341 Å². The third-order valence-electron chi connectivity index (χ3n) is 16.3. The first-order valence-electron chi connectivity index (χ1n) is 33.5. The zero-order chi connectivity index (χ0) is 55.0. The second kappa shape index (κ2) is 56.9. The normalized spacial score (nSPS) is 18.9. The summed E-state index contributed by atoms with van der Waals surface area (Å²) in [5, 5.41) is 54.9. The number of ether oxygens (including phenoxy) is 2. The molecular weight excluding hydrogens is 947 g/mol. The molecule has 1 aliphatic rings. The lowest BCUT2D eigenvalue weighted by Crippen LogP contribution is -2.60. The van der Waals surface area contributed by atoms with E-state index in [1.165, 1.54) is 270 Å². The molecule has 76 heavy (non-hydrogen) atoms. The van der Waals surface area contributed by atoms with Crippen molar-refractivity contribution in [2.45, 2.75) is 384 Å². The van der Waals surface area contributed by atoms with E-state index in [-0.39, 0.29) is 12.5 Å². The largest absolute Gasteiger partial charge is 0.394 e. The van der Waals surface area contributed by atoms with Crippen LogP contribution in [-0.4, -0.2) is 87.5 Å². The van der Waals surface area contributed by atoms with Crippen molar-refractivity contribution in [1.82, 2.24) is 5.32 Å². The van der Waals surface area contributed by atoms with Gasteiger partial charge in [0, 0.05) is 6.42 Å². The minimum Gasteiger partial charge on any atom is -0.394 e. The highest BCUT2D eigenvalue weighted by molar-refractivity contribution is 5.76. The number of aliphatic hydroxyl groups excluding tert-OH is 5. The Hall–Kier alpha value is -1.33. The van der Waals surface area contributed by atoms with Crippen LogP contribution >= 0.6 is 0 Å². The minimum atomic E-state index is -1.55. The molecule has 0 spiro atoms. The van der Waals surface area contributed by atoms with Gasteiger partial charge in [0.2, 0.25) is 5.91 Å². The fourth-order valence-corrected chi connectivity index (χ4v) is 11.0. The molecule has 7 unspecified atom stereocenters. The van der Waals surface area contributed by atoms with Crippen LogP contribution in [0.5, 0.6) is 0 Å². The summed E-state index contributed by atoms with van der Waals surface area (Å²) in [4.78, 5) is 13.1. The number of rotatable bonds is 59. The zero-order valence-electron chi connectivity index (χ0n) is 50.3. The van der Waals surface area contributed by atoms with Gasteiger partial charge in [-0.25, -0.2) is 0 Å². The average molecular weight is 1080 g/mol. The van der Waals surface area contributed by atoms with Crippen LogP contribution in [0.15, 0.2) is 24.3 Å². The molecule has 9 nitrogen and oxygen atoms in total. The predicted molar refractivity (Wildman–Crippen MR) is 323 cm³/mol. The summed E-state index contributed by atoms with van der Waals surface area (Å²) < 4.78 is 11.4. The van der Waals surface area contributed by atoms with E-state index in [0.717, 1.165) is 44.9 Å². The molecule has 0 aromatic carbocycles. The van der Waals surface area contributed by atoms with Crippen LogP contribution in [0.25, 0.3) is 0 Å². The molecule has 1 amide bonds. The summed E-state index contributed by atoms with van der Waals surface area (Å²) >= 11 is 0. The fourth-order valence-electron chi connectivity index (χ4n) is 11.0. The summed E-state index contributed by atoms with van der Waals surface area (Å²) in [5.74, 6) is -0.137. The van der Waals surface area contributed by atoms with Crippen molar-refractivity contribution in [2.75, 3.05) is 13.2 Å². The lowest BCUT2D eigenvalue weighted by atomic mass is 9.99. The van der Waals surface area contributed by atoms with Gasteiger partial charge in [0.15, 0.2) is 6.29 Å². The Bertz CT molecular complexity index is 1250. The molecule has 0 aromatic heterocycles. The number of amides is 1. The highest BCUT2D eigenvalue weighted by Gasteiger charge is 2.44. The third-order valence-corrected chi connectivity index (χ3v) is 16.3. The highest BCUT2D eigenvalue weighted by atomic mass is 16.7. The summed E-state index contributed by atoms with van der Waals surface area (Å²) in [6.07, 6.45) is 66.6. The molecular formula is C67H129NO8. The molecule has 0 bridgehead atoms. The molecule has 0 radical (unpaired) electrons. The van der Waals surface area contributed by atoms with E-state index in [0.29, 0.717) is 12.8 Å². The van der Waals surface area contributed by atoms with Gasteiger partial charge in [-0.05, 0) is 44.9 Å². The standard InChI is InChI=1S/C67H129NO8/c1-3-5-7-9-11-13-15-17-19-21-23-25-27-29-30-31-32-33-35-37-39-41-43-45-47-49-51-53-55-57-63(71)68-60(59-75-67-66(74)65(73)64(72)62(58-69)76-67)61(70)56-54-52-50-48-46-44-42-40-38-36-34-28-26-24-22-20-18-16-14-12-10-8-6-4-2/h15,17,21,23,60-62,64-67,69-70,72-74H,3-14,16,18-20,22,24-59H2,1-2H3,(H,68,71)/b17-15-,23-21-. The summed E-state index contributed by atoms with van der Waals surface area (Å²) in [7, 11) is 0. The Morgan fingerprint density at radius 1 is 0.447 bits per heavy atom. The summed E-state index contributed by atoms with van der Waals surface area (Å²) in [5.41, 5.74) is 0. The van der Waals surface area contributed by atoms with Crippen LogP contribution in [0, 0.1) is 0 Å². The van der Waals surface area contributed by atoms with E-state index in [9.17, 15) is 30.3 Å². The van der Waals surface area contributed by atoms with Gasteiger partial charge in [0.1, 0.15) is 24.4 Å². The molecule has 0 aliphatic carbocycles. The van der Waals surface area contributed by atoms with Crippen LogP contribution in [0.3, 0.4) is 0 Å². The van der Waals surface area contributed by atoms with Gasteiger partial charge in [-0.15, -0.1) is 0 Å².